The Hall–Kier alpha value is -0.120. The van der Waals surface area contributed by atoms with Gasteiger partial charge in [-0.2, -0.15) is 0 Å². The van der Waals surface area contributed by atoms with Gasteiger partial charge in [0.25, 0.3) is 0 Å². The summed E-state index contributed by atoms with van der Waals surface area (Å²) < 4.78 is 5.86. The SMILES string of the molecule is CCCN1CCCC(C(C)NCC2(C)CCCO2)C1. The summed E-state index contributed by atoms with van der Waals surface area (Å²) in [5, 5.41) is 3.75. The Kier molecular flexibility index (Phi) is 5.67. The predicted molar refractivity (Wildman–Crippen MR) is 80.5 cm³/mol. The molecule has 0 aromatic heterocycles. The van der Waals surface area contributed by atoms with E-state index in [2.05, 4.69) is 31.0 Å². The second-order valence-electron chi connectivity index (χ2n) is 6.77. The molecule has 2 aliphatic heterocycles. The van der Waals surface area contributed by atoms with Gasteiger partial charge in [-0.3, -0.25) is 0 Å². The van der Waals surface area contributed by atoms with Crippen LogP contribution in [0, 0.1) is 5.92 Å². The minimum absolute atomic E-state index is 0.0893. The molecule has 3 nitrogen and oxygen atoms in total. The molecule has 3 unspecified atom stereocenters. The number of likely N-dealkylation sites (tertiary alicyclic amines) is 1. The minimum atomic E-state index is 0.0893. The number of ether oxygens (including phenoxy) is 1. The standard InChI is InChI=1S/C16H32N2O/c1-4-9-18-10-5-7-15(12-18)14(2)17-13-16(3)8-6-11-19-16/h14-15,17H,4-13H2,1-3H3. The van der Waals surface area contributed by atoms with Crippen molar-refractivity contribution in [3.8, 4) is 0 Å². The van der Waals surface area contributed by atoms with Crippen molar-refractivity contribution in [3.05, 3.63) is 0 Å². The van der Waals surface area contributed by atoms with Crippen LogP contribution in [-0.4, -0.2) is 49.3 Å². The number of nitrogens with zero attached hydrogens (tertiary/aromatic N) is 1. The Balaban J connectivity index is 1.74. The van der Waals surface area contributed by atoms with Crippen molar-refractivity contribution in [2.75, 3.05) is 32.8 Å². The fraction of sp³-hybridized carbons (Fsp3) is 1.00. The summed E-state index contributed by atoms with van der Waals surface area (Å²) in [5.41, 5.74) is 0.0893. The first-order chi connectivity index (χ1) is 9.13. The van der Waals surface area contributed by atoms with Crippen LogP contribution in [0.15, 0.2) is 0 Å². The highest BCUT2D eigenvalue weighted by atomic mass is 16.5. The van der Waals surface area contributed by atoms with E-state index in [9.17, 15) is 0 Å². The van der Waals surface area contributed by atoms with E-state index in [1.807, 2.05) is 0 Å². The molecular weight excluding hydrogens is 236 g/mol. The maximum absolute atomic E-state index is 5.86. The predicted octanol–water partition coefficient (Wildman–Crippen LogP) is 2.66. The zero-order valence-corrected chi connectivity index (χ0v) is 13.1. The summed E-state index contributed by atoms with van der Waals surface area (Å²) in [4.78, 5) is 2.64. The van der Waals surface area contributed by atoms with Gasteiger partial charge in [0.1, 0.15) is 0 Å². The Labute approximate surface area is 119 Å². The summed E-state index contributed by atoms with van der Waals surface area (Å²) in [6.45, 7) is 12.7. The number of hydrogen-bond donors (Lipinski definition) is 1. The van der Waals surface area contributed by atoms with Crippen LogP contribution in [0.3, 0.4) is 0 Å². The highest BCUT2D eigenvalue weighted by Gasteiger charge is 2.31. The maximum Gasteiger partial charge on any atom is 0.0779 e. The van der Waals surface area contributed by atoms with Crippen LogP contribution < -0.4 is 5.32 Å². The average molecular weight is 268 g/mol. The topological polar surface area (TPSA) is 24.5 Å². The van der Waals surface area contributed by atoms with Gasteiger partial charge < -0.3 is 15.0 Å². The molecule has 2 saturated heterocycles. The van der Waals surface area contributed by atoms with E-state index in [0.717, 1.165) is 19.1 Å². The van der Waals surface area contributed by atoms with E-state index in [0.29, 0.717) is 6.04 Å². The summed E-state index contributed by atoms with van der Waals surface area (Å²) in [7, 11) is 0. The normalized spacial score (nSPS) is 34.6. The largest absolute Gasteiger partial charge is 0.374 e. The molecule has 0 aromatic carbocycles. The van der Waals surface area contributed by atoms with E-state index >= 15 is 0 Å². The quantitative estimate of drug-likeness (QED) is 0.801. The molecule has 0 bridgehead atoms. The first kappa shape index (κ1) is 15.3. The van der Waals surface area contributed by atoms with Crippen LogP contribution in [0.1, 0.15) is 52.9 Å². The molecule has 0 aliphatic carbocycles. The third-order valence-electron chi connectivity index (χ3n) is 4.89. The lowest BCUT2D eigenvalue weighted by atomic mass is 9.90. The molecule has 0 amide bonds. The van der Waals surface area contributed by atoms with Crippen molar-refractivity contribution in [1.82, 2.24) is 10.2 Å². The number of rotatable bonds is 6. The van der Waals surface area contributed by atoms with Crippen molar-refractivity contribution >= 4 is 0 Å². The fourth-order valence-electron chi connectivity index (χ4n) is 3.54. The molecule has 0 saturated carbocycles. The second kappa shape index (κ2) is 7.05. The number of nitrogens with one attached hydrogen (secondary N) is 1. The van der Waals surface area contributed by atoms with E-state index in [4.69, 9.17) is 4.74 Å². The van der Waals surface area contributed by atoms with Crippen molar-refractivity contribution in [3.63, 3.8) is 0 Å². The van der Waals surface area contributed by atoms with Crippen molar-refractivity contribution in [2.24, 2.45) is 5.92 Å². The molecule has 3 atom stereocenters. The monoisotopic (exact) mass is 268 g/mol. The Morgan fingerprint density at radius 2 is 2.26 bits per heavy atom. The van der Waals surface area contributed by atoms with Gasteiger partial charge in [0.15, 0.2) is 0 Å². The zero-order chi connectivity index (χ0) is 13.7. The summed E-state index contributed by atoms with van der Waals surface area (Å²) in [6, 6.07) is 0.612. The van der Waals surface area contributed by atoms with Gasteiger partial charge in [-0.05, 0) is 65.0 Å². The Morgan fingerprint density at radius 1 is 1.42 bits per heavy atom. The second-order valence-corrected chi connectivity index (χ2v) is 6.77. The molecule has 2 aliphatic rings. The molecule has 3 heteroatoms. The van der Waals surface area contributed by atoms with Gasteiger partial charge in [0.05, 0.1) is 5.60 Å². The molecule has 0 radical (unpaired) electrons. The summed E-state index contributed by atoms with van der Waals surface area (Å²) in [5.74, 6) is 0.810. The minimum Gasteiger partial charge on any atom is -0.374 e. The molecular formula is C16H32N2O. The number of hydrogen-bond acceptors (Lipinski definition) is 3. The van der Waals surface area contributed by atoms with E-state index in [1.165, 1.54) is 51.7 Å². The summed E-state index contributed by atoms with van der Waals surface area (Å²) >= 11 is 0. The molecule has 2 rings (SSSR count). The van der Waals surface area contributed by atoms with Crippen molar-refractivity contribution < 1.29 is 4.74 Å². The third-order valence-corrected chi connectivity index (χ3v) is 4.89. The first-order valence-electron chi connectivity index (χ1n) is 8.23. The Morgan fingerprint density at radius 3 is 2.95 bits per heavy atom. The van der Waals surface area contributed by atoms with E-state index in [1.54, 1.807) is 0 Å². The van der Waals surface area contributed by atoms with Crippen LogP contribution in [-0.2, 0) is 4.74 Å². The number of piperidine rings is 1. The van der Waals surface area contributed by atoms with E-state index < -0.39 is 0 Å². The van der Waals surface area contributed by atoms with Crippen LogP contribution >= 0.6 is 0 Å². The first-order valence-corrected chi connectivity index (χ1v) is 8.23. The lowest BCUT2D eigenvalue weighted by Gasteiger charge is -2.37. The van der Waals surface area contributed by atoms with Crippen LogP contribution in [0.2, 0.25) is 0 Å². The van der Waals surface area contributed by atoms with Gasteiger partial charge >= 0.3 is 0 Å². The molecule has 0 aromatic rings. The van der Waals surface area contributed by atoms with Gasteiger partial charge in [0, 0.05) is 25.7 Å². The Bertz CT molecular complexity index is 261. The molecule has 112 valence electrons. The van der Waals surface area contributed by atoms with Gasteiger partial charge in [-0.1, -0.05) is 6.92 Å². The average Bonchev–Trinajstić information content (AvgIpc) is 2.84. The lowest BCUT2D eigenvalue weighted by Crippen LogP contribution is -2.48. The highest BCUT2D eigenvalue weighted by Crippen LogP contribution is 2.25. The zero-order valence-electron chi connectivity index (χ0n) is 13.1. The third kappa shape index (κ3) is 4.44. The smallest absolute Gasteiger partial charge is 0.0779 e. The molecule has 0 spiro atoms. The molecule has 2 fully saturated rings. The highest BCUT2D eigenvalue weighted by molar-refractivity contribution is 4.86. The van der Waals surface area contributed by atoms with Crippen molar-refractivity contribution in [2.45, 2.75) is 64.5 Å². The lowest BCUT2D eigenvalue weighted by molar-refractivity contribution is 0.0161. The molecule has 2 heterocycles. The van der Waals surface area contributed by atoms with Crippen LogP contribution in [0.4, 0.5) is 0 Å². The van der Waals surface area contributed by atoms with Gasteiger partial charge in [0.2, 0.25) is 0 Å². The fourth-order valence-corrected chi connectivity index (χ4v) is 3.54. The van der Waals surface area contributed by atoms with Crippen molar-refractivity contribution in [1.29, 1.82) is 0 Å². The maximum atomic E-state index is 5.86. The molecule has 1 N–H and O–H groups in total. The van der Waals surface area contributed by atoms with Gasteiger partial charge in [-0.25, -0.2) is 0 Å². The van der Waals surface area contributed by atoms with E-state index in [-0.39, 0.29) is 5.60 Å². The van der Waals surface area contributed by atoms with Gasteiger partial charge in [-0.15, -0.1) is 0 Å². The van der Waals surface area contributed by atoms with Crippen LogP contribution in [0.5, 0.6) is 0 Å². The van der Waals surface area contributed by atoms with Crippen LogP contribution in [0.25, 0.3) is 0 Å². The molecule has 19 heavy (non-hydrogen) atoms. The summed E-state index contributed by atoms with van der Waals surface area (Å²) in [6.07, 6.45) is 6.45.